The number of aromatic nitrogens is 3. The first-order chi connectivity index (χ1) is 10.1. The van der Waals surface area contributed by atoms with Crippen molar-refractivity contribution in [2.24, 2.45) is 0 Å². The van der Waals surface area contributed by atoms with Gasteiger partial charge in [0.15, 0.2) is 5.69 Å². The Hall–Kier alpha value is -2.54. The van der Waals surface area contributed by atoms with E-state index in [-0.39, 0.29) is 11.7 Å². The smallest absolute Gasteiger partial charge is 0.355 e. The van der Waals surface area contributed by atoms with E-state index in [1.54, 1.807) is 0 Å². The second-order valence-corrected chi connectivity index (χ2v) is 5.37. The fourth-order valence-corrected chi connectivity index (χ4v) is 2.77. The van der Waals surface area contributed by atoms with Crippen molar-refractivity contribution in [2.45, 2.75) is 13.0 Å². The lowest BCUT2D eigenvalue weighted by molar-refractivity contribution is 0.0691. The van der Waals surface area contributed by atoms with Crippen molar-refractivity contribution in [1.29, 1.82) is 0 Å². The van der Waals surface area contributed by atoms with Gasteiger partial charge in [-0.3, -0.25) is 0 Å². The third kappa shape index (κ3) is 2.68. The zero-order valence-corrected chi connectivity index (χ0v) is 12.0. The summed E-state index contributed by atoms with van der Waals surface area (Å²) in [6.45, 7) is 1.92. The largest absolute Gasteiger partial charge is 0.476 e. The summed E-state index contributed by atoms with van der Waals surface area (Å²) in [4.78, 5) is 23.4. The van der Waals surface area contributed by atoms with Crippen molar-refractivity contribution in [2.75, 3.05) is 5.32 Å². The van der Waals surface area contributed by atoms with Crippen LogP contribution in [-0.4, -0.2) is 26.0 Å². The number of carboxylic acid groups (broad SMARTS) is 1. The quantitative estimate of drug-likeness (QED) is 0.770. The van der Waals surface area contributed by atoms with Gasteiger partial charge < -0.3 is 10.4 Å². The molecule has 0 aliphatic rings. The summed E-state index contributed by atoms with van der Waals surface area (Å²) < 4.78 is 0. The van der Waals surface area contributed by atoms with Crippen LogP contribution in [0.2, 0.25) is 0 Å². The van der Waals surface area contributed by atoms with Gasteiger partial charge in [-0.15, -0.1) is 11.3 Å². The Kier molecular flexibility index (Phi) is 3.49. The van der Waals surface area contributed by atoms with Crippen molar-refractivity contribution in [3.05, 3.63) is 46.7 Å². The Balaban J connectivity index is 1.89. The highest BCUT2D eigenvalue weighted by molar-refractivity contribution is 7.09. The minimum Gasteiger partial charge on any atom is -0.476 e. The number of benzene rings is 1. The van der Waals surface area contributed by atoms with E-state index in [9.17, 15) is 4.79 Å². The molecule has 0 bridgehead atoms. The van der Waals surface area contributed by atoms with Gasteiger partial charge in [0.05, 0.1) is 11.6 Å². The molecule has 0 radical (unpaired) electrons. The van der Waals surface area contributed by atoms with Gasteiger partial charge in [0.1, 0.15) is 17.2 Å². The molecular weight excluding hydrogens is 288 g/mol. The SMILES string of the molecule is CC(Nc1ncnc2ccccc12)c1nc(C(=O)O)cs1. The first-order valence-corrected chi connectivity index (χ1v) is 7.18. The molecule has 7 heteroatoms. The van der Waals surface area contributed by atoms with Crippen molar-refractivity contribution in [3.8, 4) is 0 Å². The molecule has 0 fully saturated rings. The molecule has 2 aromatic heterocycles. The summed E-state index contributed by atoms with van der Waals surface area (Å²) in [5.74, 6) is -0.308. The lowest BCUT2D eigenvalue weighted by Crippen LogP contribution is -2.09. The number of carboxylic acids is 1. The summed E-state index contributed by atoms with van der Waals surface area (Å²) in [7, 11) is 0. The van der Waals surface area contributed by atoms with Gasteiger partial charge in [-0.2, -0.15) is 0 Å². The predicted molar refractivity (Wildman–Crippen MR) is 80.6 cm³/mol. The van der Waals surface area contributed by atoms with E-state index in [1.165, 1.54) is 23.0 Å². The molecule has 0 amide bonds. The van der Waals surface area contributed by atoms with Gasteiger partial charge in [-0.1, -0.05) is 12.1 Å². The number of hydrogen-bond acceptors (Lipinski definition) is 6. The van der Waals surface area contributed by atoms with Crippen LogP contribution in [-0.2, 0) is 0 Å². The van der Waals surface area contributed by atoms with E-state index in [4.69, 9.17) is 5.11 Å². The molecule has 1 aromatic carbocycles. The molecule has 3 aromatic rings. The average molecular weight is 300 g/mol. The van der Waals surface area contributed by atoms with Gasteiger partial charge in [-0.05, 0) is 19.1 Å². The van der Waals surface area contributed by atoms with E-state index in [2.05, 4.69) is 20.3 Å². The second kappa shape index (κ2) is 5.45. The van der Waals surface area contributed by atoms with Crippen LogP contribution in [0.3, 0.4) is 0 Å². The lowest BCUT2D eigenvalue weighted by atomic mass is 10.2. The Labute approximate surface area is 124 Å². The van der Waals surface area contributed by atoms with Crippen molar-refractivity contribution >= 4 is 34.0 Å². The van der Waals surface area contributed by atoms with Crippen LogP contribution >= 0.6 is 11.3 Å². The summed E-state index contributed by atoms with van der Waals surface area (Å²) in [6.07, 6.45) is 1.50. The maximum atomic E-state index is 10.9. The molecule has 2 heterocycles. The van der Waals surface area contributed by atoms with E-state index in [1.807, 2.05) is 31.2 Å². The summed E-state index contributed by atoms with van der Waals surface area (Å²) >= 11 is 1.31. The van der Waals surface area contributed by atoms with E-state index < -0.39 is 5.97 Å². The molecule has 2 N–H and O–H groups in total. The normalized spacial score (nSPS) is 12.2. The fraction of sp³-hybridized carbons (Fsp3) is 0.143. The second-order valence-electron chi connectivity index (χ2n) is 4.48. The van der Waals surface area contributed by atoms with Gasteiger partial charge in [0.2, 0.25) is 0 Å². The van der Waals surface area contributed by atoms with Crippen molar-refractivity contribution in [1.82, 2.24) is 15.0 Å². The molecule has 0 spiro atoms. The van der Waals surface area contributed by atoms with Crippen LogP contribution in [0.1, 0.15) is 28.5 Å². The highest BCUT2D eigenvalue weighted by Gasteiger charge is 2.15. The molecule has 3 rings (SSSR count). The summed E-state index contributed by atoms with van der Waals surface area (Å²) in [6, 6.07) is 7.56. The Morgan fingerprint density at radius 1 is 1.33 bits per heavy atom. The highest BCUT2D eigenvalue weighted by atomic mass is 32.1. The summed E-state index contributed by atoms with van der Waals surface area (Å²) in [5, 5.41) is 15.3. The number of para-hydroxylation sites is 1. The maximum Gasteiger partial charge on any atom is 0.355 e. The van der Waals surface area contributed by atoms with Crippen molar-refractivity contribution in [3.63, 3.8) is 0 Å². The van der Waals surface area contributed by atoms with Gasteiger partial charge >= 0.3 is 5.97 Å². The van der Waals surface area contributed by atoms with Crippen LogP contribution in [0.15, 0.2) is 36.0 Å². The molecule has 1 atom stereocenters. The Morgan fingerprint density at radius 3 is 2.90 bits per heavy atom. The molecule has 0 aliphatic carbocycles. The molecule has 21 heavy (non-hydrogen) atoms. The Bertz CT molecular complexity index is 797. The number of thiazole rings is 1. The molecular formula is C14H12N4O2S. The third-order valence-electron chi connectivity index (χ3n) is 3.01. The van der Waals surface area contributed by atoms with Gasteiger partial charge in [0.25, 0.3) is 0 Å². The number of nitrogens with zero attached hydrogens (tertiary/aromatic N) is 3. The lowest BCUT2D eigenvalue weighted by Gasteiger charge is -2.13. The number of hydrogen-bond donors (Lipinski definition) is 2. The number of nitrogens with one attached hydrogen (secondary N) is 1. The number of rotatable bonds is 4. The number of anilines is 1. The van der Waals surface area contributed by atoms with Crippen LogP contribution in [0, 0.1) is 0 Å². The predicted octanol–water partition coefficient (Wildman–Crippen LogP) is 2.96. The van der Waals surface area contributed by atoms with Crippen LogP contribution in [0.4, 0.5) is 5.82 Å². The van der Waals surface area contributed by atoms with Crippen LogP contribution in [0.25, 0.3) is 10.9 Å². The third-order valence-corrected chi connectivity index (χ3v) is 4.03. The van der Waals surface area contributed by atoms with Gasteiger partial charge in [0, 0.05) is 10.8 Å². The van der Waals surface area contributed by atoms with E-state index in [0.29, 0.717) is 10.8 Å². The molecule has 0 saturated carbocycles. The monoisotopic (exact) mass is 300 g/mol. The first-order valence-electron chi connectivity index (χ1n) is 6.30. The molecule has 0 saturated heterocycles. The zero-order chi connectivity index (χ0) is 14.8. The van der Waals surface area contributed by atoms with E-state index in [0.717, 1.165) is 10.9 Å². The molecule has 0 aliphatic heterocycles. The summed E-state index contributed by atoms with van der Waals surface area (Å²) in [5.41, 5.74) is 0.920. The average Bonchev–Trinajstić information content (AvgIpc) is 2.98. The standard InChI is InChI=1S/C14H12N4O2S/c1-8(13-18-11(6-21-13)14(19)20)17-12-9-4-2-3-5-10(9)15-7-16-12/h2-8H,1H3,(H,19,20)(H,15,16,17). The highest BCUT2D eigenvalue weighted by Crippen LogP contribution is 2.25. The zero-order valence-electron chi connectivity index (χ0n) is 11.1. The van der Waals surface area contributed by atoms with Crippen LogP contribution < -0.4 is 5.32 Å². The minimum absolute atomic E-state index is 0.0659. The molecule has 1 unspecified atom stereocenters. The van der Waals surface area contributed by atoms with Crippen molar-refractivity contribution < 1.29 is 9.90 Å². The maximum absolute atomic E-state index is 10.9. The minimum atomic E-state index is -1.02. The number of aromatic carboxylic acids is 1. The number of fused-ring (bicyclic) bond motifs is 1. The first kappa shape index (κ1) is 13.4. The fourth-order valence-electron chi connectivity index (χ4n) is 1.97. The van der Waals surface area contributed by atoms with Crippen LogP contribution in [0.5, 0.6) is 0 Å². The molecule has 6 nitrogen and oxygen atoms in total. The van der Waals surface area contributed by atoms with E-state index >= 15 is 0 Å². The molecule has 106 valence electrons. The topological polar surface area (TPSA) is 88.0 Å². The Morgan fingerprint density at radius 2 is 2.14 bits per heavy atom. The van der Waals surface area contributed by atoms with Gasteiger partial charge in [-0.25, -0.2) is 19.7 Å². The number of carbonyl (C=O) groups is 1.